The number of pyridine rings is 1. The van der Waals surface area contributed by atoms with Crippen molar-refractivity contribution in [2.75, 3.05) is 55.6 Å². The molecule has 0 radical (unpaired) electrons. The summed E-state index contributed by atoms with van der Waals surface area (Å²) in [5.74, 6) is -0.652. The number of H-pyrrole nitrogens is 2. The molecule has 2 aliphatic rings. The van der Waals surface area contributed by atoms with Gasteiger partial charge < -0.3 is 14.7 Å². The Morgan fingerprint density at radius 1 is 1.15 bits per heavy atom. The summed E-state index contributed by atoms with van der Waals surface area (Å²) in [7, 11) is -2.33. The minimum Gasteiger partial charge on any atom is -0.501 e. The SMILES string of the molecule is CN1CCN(c2cc(N3CCOCC3)cn3c(=O)c(O)c(-c4[nH]c(Cc5ccc(F)cc5)c[nH+]4)nc23)S1(=O)=O. The molecule has 1 aromatic carbocycles. The average molecular weight is 557 g/mol. The van der Waals surface area contributed by atoms with Crippen molar-refractivity contribution >= 4 is 27.2 Å². The largest absolute Gasteiger partial charge is 0.501 e. The summed E-state index contributed by atoms with van der Waals surface area (Å²) in [4.78, 5) is 26.2. The van der Waals surface area contributed by atoms with Gasteiger partial charge in [-0.2, -0.15) is 12.7 Å². The maximum atomic E-state index is 13.5. The highest BCUT2D eigenvalue weighted by atomic mass is 32.2. The number of nitrogens with zero attached hydrogens (tertiary/aromatic N) is 5. The van der Waals surface area contributed by atoms with Crippen LogP contribution in [0.4, 0.5) is 15.8 Å². The van der Waals surface area contributed by atoms with E-state index in [0.29, 0.717) is 44.1 Å². The van der Waals surface area contributed by atoms with Crippen molar-refractivity contribution in [1.29, 1.82) is 0 Å². The first kappa shape index (κ1) is 25.3. The topological polar surface area (TPSA) is 138 Å². The van der Waals surface area contributed by atoms with E-state index in [0.717, 1.165) is 5.56 Å². The quantitative estimate of drug-likeness (QED) is 0.371. The summed E-state index contributed by atoms with van der Waals surface area (Å²) in [5.41, 5.74) is 1.73. The van der Waals surface area contributed by atoms with E-state index in [1.165, 1.54) is 32.2 Å². The number of likely N-dealkylation sites (N-methyl/N-ethyl adjacent to an activating group) is 1. The second-order valence-electron chi connectivity index (χ2n) is 9.51. The molecular weight excluding hydrogens is 529 g/mol. The molecule has 2 aliphatic heterocycles. The van der Waals surface area contributed by atoms with Crippen LogP contribution in [0.15, 0.2) is 47.5 Å². The Bertz CT molecular complexity index is 1720. The number of benzene rings is 1. The lowest BCUT2D eigenvalue weighted by Gasteiger charge is -2.30. The number of fused-ring (bicyclic) bond motifs is 1. The maximum Gasteiger partial charge on any atom is 0.307 e. The summed E-state index contributed by atoms with van der Waals surface area (Å²) in [5, 5.41) is 10.9. The van der Waals surface area contributed by atoms with E-state index < -0.39 is 21.5 Å². The van der Waals surface area contributed by atoms with Gasteiger partial charge in [0.15, 0.2) is 5.65 Å². The molecule has 5 heterocycles. The van der Waals surface area contributed by atoms with Gasteiger partial charge >= 0.3 is 21.6 Å². The molecule has 12 nitrogen and oxygen atoms in total. The van der Waals surface area contributed by atoms with Crippen LogP contribution in [0.5, 0.6) is 5.75 Å². The number of rotatable bonds is 5. The molecule has 0 aliphatic carbocycles. The van der Waals surface area contributed by atoms with Gasteiger partial charge in [0.05, 0.1) is 24.6 Å². The van der Waals surface area contributed by atoms with Crippen LogP contribution < -0.4 is 19.7 Å². The van der Waals surface area contributed by atoms with Crippen LogP contribution in [0.25, 0.3) is 17.2 Å². The molecule has 3 aromatic heterocycles. The first-order chi connectivity index (χ1) is 18.7. The van der Waals surface area contributed by atoms with Crippen LogP contribution in [-0.4, -0.2) is 78.6 Å². The van der Waals surface area contributed by atoms with Gasteiger partial charge in [0.2, 0.25) is 11.4 Å². The Morgan fingerprint density at radius 2 is 1.90 bits per heavy atom. The highest BCUT2D eigenvalue weighted by Crippen LogP contribution is 2.33. The molecule has 204 valence electrons. The summed E-state index contributed by atoms with van der Waals surface area (Å²) >= 11 is 0. The molecule has 0 spiro atoms. The summed E-state index contributed by atoms with van der Waals surface area (Å²) in [6, 6.07) is 7.79. The van der Waals surface area contributed by atoms with E-state index in [2.05, 4.69) is 15.0 Å². The van der Waals surface area contributed by atoms with Gasteiger partial charge in [-0.25, -0.2) is 19.3 Å². The lowest BCUT2D eigenvalue weighted by molar-refractivity contribution is -0.362. The molecule has 39 heavy (non-hydrogen) atoms. The molecule has 14 heteroatoms. The van der Waals surface area contributed by atoms with Gasteiger partial charge in [0, 0.05) is 45.8 Å². The molecule has 0 bridgehead atoms. The Kier molecular flexibility index (Phi) is 6.24. The number of nitrogens with one attached hydrogen (secondary N) is 2. The number of ether oxygens (including phenoxy) is 1. The lowest BCUT2D eigenvalue weighted by atomic mass is 10.1. The Hall–Kier alpha value is -4.01. The van der Waals surface area contributed by atoms with Gasteiger partial charge in [-0.15, -0.1) is 0 Å². The van der Waals surface area contributed by atoms with Crippen molar-refractivity contribution in [3.63, 3.8) is 0 Å². The zero-order valence-electron chi connectivity index (χ0n) is 21.1. The number of aromatic nitrogens is 4. The number of halogens is 1. The standard InChI is InChI=1S/C25H26FN7O5S/c1-30-6-7-33(39(30,36)37)20-13-19(31-8-10-38-11-9-31)15-32-24(20)29-21(22(34)25(32)35)23-27-14-18(28-23)12-16-2-4-17(26)5-3-16/h2-5,13-15,34H,6-12H2,1H3,(H,27,28)/p+1. The fraction of sp³-hybridized carbons (Fsp3) is 0.320. The number of hydrogen-bond donors (Lipinski definition) is 2. The molecule has 2 saturated heterocycles. The van der Waals surface area contributed by atoms with Crippen LogP contribution in [0, 0.1) is 5.82 Å². The molecule has 0 atom stereocenters. The van der Waals surface area contributed by atoms with Crippen molar-refractivity contribution < 1.29 is 27.6 Å². The van der Waals surface area contributed by atoms with Gasteiger partial charge in [-0.3, -0.25) is 13.5 Å². The lowest BCUT2D eigenvalue weighted by Crippen LogP contribution is -2.37. The average Bonchev–Trinajstić information content (AvgIpc) is 3.50. The van der Waals surface area contributed by atoms with Crippen LogP contribution in [-0.2, 0) is 21.4 Å². The van der Waals surface area contributed by atoms with Crippen LogP contribution in [0.1, 0.15) is 11.3 Å². The molecule has 0 amide bonds. The predicted octanol–water partition coefficient (Wildman–Crippen LogP) is 0.772. The first-order valence-electron chi connectivity index (χ1n) is 12.4. The monoisotopic (exact) mass is 556 g/mol. The Balaban J connectivity index is 1.48. The minimum absolute atomic E-state index is 0.0457. The zero-order valence-corrected chi connectivity index (χ0v) is 21.9. The predicted molar refractivity (Wildman–Crippen MR) is 141 cm³/mol. The Morgan fingerprint density at radius 3 is 2.59 bits per heavy atom. The van der Waals surface area contributed by atoms with E-state index in [1.54, 1.807) is 30.6 Å². The molecule has 6 rings (SSSR count). The number of morpholine rings is 1. The van der Waals surface area contributed by atoms with E-state index in [1.807, 2.05) is 4.90 Å². The minimum atomic E-state index is -3.83. The number of anilines is 2. The highest BCUT2D eigenvalue weighted by molar-refractivity contribution is 7.90. The van der Waals surface area contributed by atoms with Crippen LogP contribution in [0.2, 0.25) is 0 Å². The number of hydrogen-bond acceptors (Lipinski definition) is 7. The summed E-state index contributed by atoms with van der Waals surface area (Å²) in [6.07, 6.45) is 3.67. The van der Waals surface area contributed by atoms with Gasteiger partial charge in [-0.1, -0.05) is 12.1 Å². The van der Waals surface area contributed by atoms with Crippen molar-refractivity contribution in [3.05, 3.63) is 70.2 Å². The fourth-order valence-corrected chi connectivity index (χ4v) is 6.21. The third-order valence-corrected chi connectivity index (χ3v) is 8.93. The van der Waals surface area contributed by atoms with Crippen LogP contribution in [0.3, 0.4) is 0 Å². The molecule has 3 N–H and O–H groups in total. The third kappa shape index (κ3) is 4.49. The van der Waals surface area contributed by atoms with E-state index in [9.17, 15) is 22.7 Å². The van der Waals surface area contributed by atoms with E-state index in [4.69, 9.17) is 4.74 Å². The first-order valence-corrected chi connectivity index (χ1v) is 13.8. The molecule has 2 fully saturated rings. The summed E-state index contributed by atoms with van der Waals surface area (Å²) < 4.78 is 48.7. The fourth-order valence-electron chi connectivity index (χ4n) is 4.86. The normalized spacial score (nSPS) is 17.8. The molecule has 0 saturated carbocycles. The van der Waals surface area contributed by atoms with Crippen molar-refractivity contribution in [3.8, 4) is 17.3 Å². The second-order valence-corrected chi connectivity index (χ2v) is 11.5. The zero-order chi connectivity index (χ0) is 27.3. The van der Waals surface area contributed by atoms with E-state index >= 15 is 0 Å². The Labute approximate surface area is 223 Å². The molecule has 0 unspecified atom stereocenters. The van der Waals surface area contributed by atoms with Crippen molar-refractivity contribution in [1.82, 2.24) is 18.7 Å². The second kappa shape index (κ2) is 9.63. The van der Waals surface area contributed by atoms with Crippen LogP contribution >= 0.6 is 0 Å². The van der Waals surface area contributed by atoms with Gasteiger partial charge in [0.25, 0.3) is 0 Å². The van der Waals surface area contributed by atoms with Gasteiger partial charge in [0.1, 0.15) is 17.7 Å². The number of aromatic hydroxyl groups is 1. The molecular formula is C25H27FN7O5S+. The van der Waals surface area contributed by atoms with Gasteiger partial charge in [-0.05, 0) is 23.8 Å². The van der Waals surface area contributed by atoms with Crippen molar-refractivity contribution in [2.24, 2.45) is 0 Å². The van der Waals surface area contributed by atoms with Crippen molar-refractivity contribution in [2.45, 2.75) is 6.42 Å². The smallest absolute Gasteiger partial charge is 0.307 e. The molecule has 4 aromatic rings. The highest BCUT2D eigenvalue weighted by Gasteiger charge is 2.36. The summed E-state index contributed by atoms with van der Waals surface area (Å²) in [6.45, 7) is 2.60. The van der Waals surface area contributed by atoms with E-state index in [-0.39, 0.29) is 41.8 Å². The maximum absolute atomic E-state index is 13.5. The number of aromatic amines is 2. The third-order valence-electron chi connectivity index (χ3n) is 7.02. The number of imidazole rings is 1.